The number of nitro benzene ring substituents is 1. The van der Waals surface area contributed by atoms with E-state index in [1.54, 1.807) is 22.7 Å². The van der Waals surface area contributed by atoms with Crippen LogP contribution in [0.5, 0.6) is 0 Å². The van der Waals surface area contributed by atoms with E-state index in [2.05, 4.69) is 15.5 Å². The number of carbonyl (C=O) groups is 1. The summed E-state index contributed by atoms with van der Waals surface area (Å²) in [5, 5.41) is 21.0. The maximum absolute atomic E-state index is 12.2. The van der Waals surface area contributed by atoms with Gasteiger partial charge in [0.2, 0.25) is 0 Å². The van der Waals surface area contributed by atoms with Crippen LogP contribution in [-0.2, 0) is 0 Å². The predicted octanol–water partition coefficient (Wildman–Crippen LogP) is 1.47. The van der Waals surface area contributed by atoms with Gasteiger partial charge in [-0.2, -0.15) is 0 Å². The van der Waals surface area contributed by atoms with Crippen molar-refractivity contribution in [2.45, 2.75) is 0 Å². The molecule has 2 aromatic heterocycles. The third-order valence-electron chi connectivity index (χ3n) is 3.04. The Labute approximate surface area is 123 Å². The zero-order valence-corrected chi connectivity index (χ0v) is 11.1. The van der Waals surface area contributed by atoms with Gasteiger partial charge in [-0.25, -0.2) is 0 Å². The summed E-state index contributed by atoms with van der Waals surface area (Å²) in [6.45, 7) is 0. The number of nitrogens with zero attached hydrogens (tertiary/aromatic N) is 4. The Balaban J connectivity index is 1.90. The molecule has 0 aliphatic rings. The number of nitrogens with one attached hydrogen (secondary N) is 1. The van der Waals surface area contributed by atoms with Crippen molar-refractivity contribution in [2.75, 3.05) is 11.1 Å². The molecule has 0 aliphatic carbocycles. The highest BCUT2D eigenvalue weighted by Gasteiger charge is 2.15. The summed E-state index contributed by atoms with van der Waals surface area (Å²) in [5.74, 6) is -0.534. The standard InChI is InChI=1S/C13H10N6O3/c14-11-3-2-9(19(21)22)5-10(11)13(20)16-8-1-4-12-17-15-7-18(12)6-8/h1-7H,14H2,(H,16,20). The van der Waals surface area contributed by atoms with Gasteiger partial charge in [-0.15, -0.1) is 10.2 Å². The quantitative estimate of drug-likeness (QED) is 0.428. The lowest BCUT2D eigenvalue weighted by Crippen LogP contribution is -2.14. The molecule has 9 nitrogen and oxygen atoms in total. The van der Waals surface area contributed by atoms with E-state index in [1.807, 2.05) is 0 Å². The van der Waals surface area contributed by atoms with Crippen LogP contribution < -0.4 is 11.1 Å². The number of nitrogen functional groups attached to an aromatic ring is 1. The van der Waals surface area contributed by atoms with Gasteiger partial charge < -0.3 is 11.1 Å². The molecule has 1 aromatic carbocycles. The molecule has 0 atom stereocenters. The molecule has 3 rings (SSSR count). The first-order valence-corrected chi connectivity index (χ1v) is 6.19. The number of nitrogens with two attached hydrogens (primary N) is 1. The number of carbonyl (C=O) groups excluding carboxylic acids is 1. The van der Waals surface area contributed by atoms with E-state index in [0.717, 1.165) is 6.07 Å². The number of rotatable bonds is 3. The van der Waals surface area contributed by atoms with Crippen LogP contribution >= 0.6 is 0 Å². The van der Waals surface area contributed by atoms with E-state index in [4.69, 9.17) is 5.73 Å². The van der Waals surface area contributed by atoms with Crippen molar-refractivity contribution in [3.05, 3.63) is 58.5 Å². The van der Waals surface area contributed by atoms with E-state index < -0.39 is 10.8 Å². The number of aromatic nitrogens is 3. The number of non-ortho nitro benzene ring substituents is 1. The summed E-state index contributed by atoms with van der Waals surface area (Å²) >= 11 is 0. The van der Waals surface area contributed by atoms with Crippen LogP contribution in [0.15, 0.2) is 42.9 Å². The third-order valence-corrected chi connectivity index (χ3v) is 3.04. The average molecular weight is 298 g/mol. The lowest BCUT2D eigenvalue weighted by molar-refractivity contribution is -0.384. The molecule has 3 N–H and O–H groups in total. The minimum Gasteiger partial charge on any atom is -0.398 e. The Morgan fingerprint density at radius 2 is 2.14 bits per heavy atom. The first-order chi connectivity index (χ1) is 10.5. The van der Waals surface area contributed by atoms with Gasteiger partial charge in [0.15, 0.2) is 5.65 Å². The van der Waals surface area contributed by atoms with E-state index in [0.29, 0.717) is 11.3 Å². The van der Waals surface area contributed by atoms with Crippen molar-refractivity contribution >= 4 is 28.6 Å². The van der Waals surface area contributed by atoms with Gasteiger partial charge in [0.25, 0.3) is 11.6 Å². The molecule has 0 fully saturated rings. The zero-order valence-electron chi connectivity index (χ0n) is 11.1. The highest BCUT2D eigenvalue weighted by Crippen LogP contribution is 2.21. The van der Waals surface area contributed by atoms with Crippen LogP contribution in [0.25, 0.3) is 5.65 Å². The fourth-order valence-corrected chi connectivity index (χ4v) is 1.95. The molecule has 0 bridgehead atoms. The molecular formula is C13H10N6O3. The number of anilines is 2. The van der Waals surface area contributed by atoms with E-state index >= 15 is 0 Å². The van der Waals surface area contributed by atoms with E-state index in [-0.39, 0.29) is 16.9 Å². The lowest BCUT2D eigenvalue weighted by atomic mass is 10.1. The highest BCUT2D eigenvalue weighted by atomic mass is 16.6. The number of pyridine rings is 1. The molecule has 1 amide bonds. The number of nitro groups is 1. The fourth-order valence-electron chi connectivity index (χ4n) is 1.95. The molecule has 9 heteroatoms. The van der Waals surface area contributed by atoms with E-state index in [1.165, 1.54) is 18.5 Å². The van der Waals surface area contributed by atoms with Crippen molar-refractivity contribution in [1.82, 2.24) is 14.6 Å². The molecule has 0 saturated heterocycles. The molecule has 0 saturated carbocycles. The molecule has 0 aliphatic heterocycles. The summed E-state index contributed by atoms with van der Waals surface area (Å²) in [5.41, 5.74) is 6.83. The summed E-state index contributed by atoms with van der Waals surface area (Å²) in [6, 6.07) is 7.04. The molecule has 3 aromatic rings. The smallest absolute Gasteiger partial charge is 0.270 e. The normalized spacial score (nSPS) is 10.5. The van der Waals surface area contributed by atoms with Crippen LogP contribution in [0.3, 0.4) is 0 Å². The number of hydrogen-bond donors (Lipinski definition) is 2. The largest absolute Gasteiger partial charge is 0.398 e. The Morgan fingerprint density at radius 3 is 2.91 bits per heavy atom. The van der Waals surface area contributed by atoms with Crippen LogP contribution in [0.4, 0.5) is 17.1 Å². The molecular weight excluding hydrogens is 288 g/mol. The Morgan fingerprint density at radius 1 is 1.32 bits per heavy atom. The lowest BCUT2D eigenvalue weighted by Gasteiger charge is -2.07. The Bertz CT molecular complexity index is 888. The van der Waals surface area contributed by atoms with Crippen LogP contribution in [0.1, 0.15) is 10.4 Å². The first kappa shape index (κ1) is 13.5. The summed E-state index contributed by atoms with van der Waals surface area (Å²) in [6.07, 6.45) is 3.12. The molecule has 110 valence electrons. The van der Waals surface area contributed by atoms with Crippen LogP contribution in [-0.4, -0.2) is 25.4 Å². The van der Waals surface area contributed by atoms with Gasteiger partial charge in [0.05, 0.1) is 16.2 Å². The van der Waals surface area contributed by atoms with Crippen molar-refractivity contribution in [1.29, 1.82) is 0 Å². The molecule has 0 radical (unpaired) electrons. The second-order valence-electron chi connectivity index (χ2n) is 4.50. The highest BCUT2D eigenvalue weighted by molar-refractivity contribution is 6.08. The maximum atomic E-state index is 12.2. The van der Waals surface area contributed by atoms with Crippen molar-refractivity contribution in [3.63, 3.8) is 0 Å². The zero-order chi connectivity index (χ0) is 15.7. The van der Waals surface area contributed by atoms with Crippen molar-refractivity contribution < 1.29 is 9.72 Å². The Hall–Kier alpha value is -3.49. The number of benzene rings is 1. The van der Waals surface area contributed by atoms with Gasteiger partial charge in [-0.3, -0.25) is 19.3 Å². The van der Waals surface area contributed by atoms with Gasteiger partial charge in [0, 0.05) is 24.0 Å². The number of hydrogen-bond acceptors (Lipinski definition) is 6. The minimum absolute atomic E-state index is 0.0399. The van der Waals surface area contributed by atoms with E-state index in [9.17, 15) is 14.9 Å². The minimum atomic E-state index is -0.584. The first-order valence-electron chi connectivity index (χ1n) is 6.19. The summed E-state index contributed by atoms with van der Waals surface area (Å²) < 4.78 is 1.63. The maximum Gasteiger partial charge on any atom is 0.270 e. The van der Waals surface area contributed by atoms with Gasteiger partial charge >= 0.3 is 0 Å². The molecule has 0 spiro atoms. The monoisotopic (exact) mass is 298 g/mol. The van der Waals surface area contributed by atoms with Gasteiger partial charge in [-0.1, -0.05) is 0 Å². The topological polar surface area (TPSA) is 128 Å². The van der Waals surface area contributed by atoms with Gasteiger partial charge in [0.1, 0.15) is 6.33 Å². The number of fused-ring (bicyclic) bond motifs is 1. The van der Waals surface area contributed by atoms with Gasteiger partial charge in [-0.05, 0) is 18.2 Å². The fraction of sp³-hybridized carbons (Fsp3) is 0. The molecule has 22 heavy (non-hydrogen) atoms. The third kappa shape index (κ3) is 2.42. The van der Waals surface area contributed by atoms with Crippen LogP contribution in [0, 0.1) is 10.1 Å². The SMILES string of the molecule is Nc1ccc([N+](=O)[O-])cc1C(=O)Nc1ccc2nncn2c1. The molecule has 0 unspecified atom stereocenters. The number of amides is 1. The summed E-state index contributed by atoms with van der Waals surface area (Å²) in [4.78, 5) is 22.4. The molecule has 2 heterocycles. The van der Waals surface area contributed by atoms with Crippen LogP contribution in [0.2, 0.25) is 0 Å². The second-order valence-corrected chi connectivity index (χ2v) is 4.50. The average Bonchev–Trinajstić information content (AvgIpc) is 2.94. The van der Waals surface area contributed by atoms with Crippen molar-refractivity contribution in [3.8, 4) is 0 Å². The Kier molecular flexibility index (Phi) is 3.14. The summed E-state index contributed by atoms with van der Waals surface area (Å²) in [7, 11) is 0. The van der Waals surface area contributed by atoms with Crippen molar-refractivity contribution in [2.24, 2.45) is 0 Å². The predicted molar refractivity (Wildman–Crippen MR) is 78.4 cm³/mol. The second kappa shape index (κ2) is 5.13.